The number of anilines is 1. The van der Waals surface area contributed by atoms with Gasteiger partial charge in [-0.25, -0.2) is 0 Å². The topological polar surface area (TPSA) is 85.3 Å². The summed E-state index contributed by atoms with van der Waals surface area (Å²) in [4.78, 5) is 28.3. The van der Waals surface area contributed by atoms with Gasteiger partial charge in [0.05, 0.1) is 44.4 Å². The fourth-order valence-corrected chi connectivity index (χ4v) is 4.95. The molecule has 0 saturated carbocycles. The number of nitrogens with zero attached hydrogens (tertiary/aromatic N) is 1. The van der Waals surface area contributed by atoms with E-state index < -0.39 is 11.6 Å². The number of fused-ring (bicyclic) bond motifs is 3. The molecular formula is C32H37NO6. The van der Waals surface area contributed by atoms with E-state index in [-0.39, 0.29) is 25.4 Å². The van der Waals surface area contributed by atoms with Crippen LogP contribution in [0.15, 0.2) is 48.5 Å². The molecule has 0 radical (unpaired) electrons. The minimum atomic E-state index is -1.13. The zero-order valence-corrected chi connectivity index (χ0v) is 23.6. The monoisotopic (exact) mass is 531 g/mol. The van der Waals surface area contributed by atoms with E-state index in [4.69, 9.17) is 14.2 Å². The summed E-state index contributed by atoms with van der Waals surface area (Å²) < 4.78 is 16.1. The molecule has 7 nitrogen and oxygen atoms in total. The number of carbonyl (C=O) groups is 2. The van der Waals surface area contributed by atoms with Crippen LogP contribution in [0.3, 0.4) is 0 Å². The van der Waals surface area contributed by atoms with Crippen LogP contribution in [0.1, 0.15) is 42.5 Å². The summed E-state index contributed by atoms with van der Waals surface area (Å²) in [7, 11) is 3.21. The molecule has 1 aliphatic heterocycles. The maximum absolute atomic E-state index is 13.5. The molecule has 0 aromatic heterocycles. The van der Waals surface area contributed by atoms with Crippen molar-refractivity contribution in [1.82, 2.24) is 0 Å². The molecule has 206 valence electrons. The van der Waals surface area contributed by atoms with Gasteiger partial charge in [0.25, 0.3) is 0 Å². The summed E-state index contributed by atoms with van der Waals surface area (Å²) in [6, 6.07) is 16.2. The van der Waals surface area contributed by atoms with Crippen molar-refractivity contribution in [2.45, 2.75) is 52.7 Å². The average molecular weight is 532 g/mol. The van der Waals surface area contributed by atoms with Gasteiger partial charge >= 0.3 is 5.97 Å². The van der Waals surface area contributed by atoms with Crippen molar-refractivity contribution in [1.29, 1.82) is 0 Å². The first kappa shape index (κ1) is 28.3. The molecule has 0 fully saturated rings. The number of amides is 1. The molecule has 0 saturated heterocycles. The fraction of sp³-hybridized carbons (Fsp3) is 0.375. The van der Waals surface area contributed by atoms with Crippen molar-refractivity contribution in [2.75, 3.05) is 32.3 Å². The van der Waals surface area contributed by atoms with E-state index in [2.05, 4.69) is 6.07 Å². The Morgan fingerprint density at radius 3 is 2.33 bits per heavy atom. The van der Waals surface area contributed by atoms with Gasteiger partial charge in [0.1, 0.15) is 12.4 Å². The van der Waals surface area contributed by atoms with Gasteiger partial charge in [0.2, 0.25) is 5.91 Å². The Balaban J connectivity index is 1.92. The molecule has 1 amide bonds. The van der Waals surface area contributed by atoms with Gasteiger partial charge in [0, 0.05) is 12.7 Å². The number of esters is 1. The number of carbonyl (C=O) groups excluding carboxylic acids is 2. The summed E-state index contributed by atoms with van der Waals surface area (Å²) in [6.07, 6.45) is 0.241. The van der Waals surface area contributed by atoms with E-state index in [0.29, 0.717) is 13.2 Å². The maximum Gasteiger partial charge on any atom is 0.310 e. The highest BCUT2D eigenvalue weighted by molar-refractivity contribution is 6.03. The molecule has 7 heteroatoms. The van der Waals surface area contributed by atoms with Crippen molar-refractivity contribution in [2.24, 2.45) is 0 Å². The molecule has 4 rings (SSSR count). The SMILES string of the molecule is COCCC(=O)N1Cc2cc(OC)ccc2-c2cc(-c3ccc(C)cc3)c(CC(=O)OCC(C)(C)O)c(C)c21. The van der Waals surface area contributed by atoms with Gasteiger partial charge in [-0.3, -0.25) is 9.59 Å². The molecule has 0 aliphatic carbocycles. The molecule has 0 bridgehead atoms. The lowest BCUT2D eigenvalue weighted by Gasteiger charge is -2.35. The van der Waals surface area contributed by atoms with Crippen LogP contribution in [0.4, 0.5) is 5.69 Å². The number of benzene rings is 3. The minimum absolute atomic E-state index is 0.00791. The number of hydrogen-bond acceptors (Lipinski definition) is 6. The third-order valence-electron chi connectivity index (χ3n) is 6.97. The van der Waals surface area contributed by atoms with Crippen LogP contribution in [0.5, 0.6) is 5.75 Å². The van der Waals surface area contributed by atoms with E-state index in [9.17, 15) is 14.7 Å². The van der Waals surface area contributed by atoms with Gasteiger partial charge < -0.3 is 24.2 Å². The molecular weight excluding hydrogens is 494 g/mol. The third-order valence-corrected chi connectivity index (χ3v) is 6.97. The third kappa shape index (κ3) is 6.32. The first-order chi connectivity index (χ1) is 18.5. The maximum atomic E-state index is 13.5. The average Bonchev–Trinajstić information content (AvgIpc) is 2.91. The van der Waals surface area contributed by atoms with Crippen LogP contribution in [0.2, 0.25) is 0 Å². The minimum Gasteiger partial charge on any atom is -0.497 e. The van der Waals surface area contributed by atoms with Crippen molar-refractivity contribution in [3.8, 4) is 28.0 Å². The number of hydrogen-bond donors (Lipinski definition) is 1. The Labute approximate surface area is 230 Å². The second kappa shape index (κ2) is 11.6. The molecule has 0 atom stereocenters. The number of rotatable bonds is 9. The predicted molar refractivity (Wildman–Crippen MR) is 152 cm³/mol. The number of aliphatic hydroxyl groups is 1. The van der Waals surface area contributed by atoms with Crippen molar-refractivity contribution in [3.05, 3.63) is 70.8 Å². The highest BCUT2D eigenvalue weighted by Crippen LogP contribution is 2.47. The predicted octanol–water partition coefficient (Wildman–Crippen LogP) is 5.39. The lowest BCUT2D eigenvalue weighted by Crippen LogP contribution is -2.35. The van der Waals surface area contributed by atoms with E-state index in [1.165, 1.54) is 0 Å². The molecule has 0 spiro atoms. The second-order valence-electron chi connectivity index (χ2n) is 10.7. The number of aryl methyl sites for hydroxylation is 1. The van der Waals surface area contributed by atoms with E-state index >= 15 is 0 Å². The van der Waals surface area contributed by atoms with Crippen molar-refractivity contribution < 1.29 is 28.9 Å². The smallest absolute Gasteiger partial charge is 0.310 e. The number of ether oxygens (including phenoxy) is 3. The Kier molecular flexibility index (Phi) is 8.42. The van der Waals surface area contributed by atoms with E-state index in [1.807, 2.05) is 56.3 Å². The highest BCUT2D eigenvalue weighted by atomic mass is 16.5. The van der Waals surface area contributed by atoms with Crippen molar-refractivity contribution in [3.63, 3.8) is 0 Å². The standard InChI is InChI=1S/C32H37NO6/c1-20-7-9-22(10-8-20)27-16-28-25-12-11-24(38-6)15-23(25)18-33(29(34)13-14-37-5)31(28)21(2)26(27)17-30(35)39-19-32(3,4)36/h7-12,15-16,36H,13-14,17-19H2,1-6H3. The zero-order valence-electron chi connectivity index (χ0n) is 23.6. The summed E-state index contributed by atoms with van der Waals surface area (Å²) in [5, 5.41) is 10.1. The first-order valence-electron chi connectivity index (χ1n) is 13.1. The van der Waals surface area contributed by atoms with Crippen LogP contribution in [-0.2, 0) is 32.0 Å². The summed E-state index contributed by atoms with van der Waals surface area (Å²) in [6.45, 7) is 7.77. The molecule has 3 aromatic carbocycles. The Morgan fingerprint density at radius 2 is 1.69 bits per heavy atom. The molecule has 1 heterocycles. The first-order valence-corrected chi connectivity index (χ1v) is 13.1. The van der Waals surface area contributed by atoms with E-state index in [0.717, 1.165) is 55.9 Å². The van der Waals surface area contributed by atoms with Crippen LogP contribution in [-0.4, -0.2) is 50.0 Å². The quantitative estimate of drug-likeness (QED) is 0.373. The normalized spacial score (nSPS) is 12.5. The highest BCUT2D eigenvalue weighted by Gasteiger charge is 2.31. The van der Waals surface area contributed by atoms with Crippen LogP contribution in [0.25, 0.3) is 22.3 Å². The van der Waals surface area contributed by atoms with Crippen LogP contribution < -0.4 is 9.64 Å². The lowest BCUT2D eigenvalue weighted by molar-refractivity contribution is -0.149. The van der Waals surface area contributed by atoms with Gasteiger partial charge in [-0.1, -0.05) is 35.9 Å². The molecule has 0 unspecified atom stereocenters. The lowest BCUT2D eigenvalue weighted by atomic mass is 9.84. The van der Waals surface area contributed by atoms with Crippen LogP contribution in [0, 0.1) is 13.8 Å². The summed E-state index contributed by atoms with van der Waals surface area (Å²) in [5.74, 6) is 0.225. The fourth-order valence-electron chi connectivity index (χ4n) is 4.95. The summed E-state index contributed by atoms with van der Waals surface area (Å²) in [5.41, 5.74) is 7.22. The Bertz CT molecular complexity index is 1370. The zero-order chi connectivity index (χ0) is 28.3. The Hall–Kier alpha value is -3.68. The number of methoxy groups -OCH3 is 2. The van der Waals surface area contributed by atoms with Crippen molar-refractivity contribution >= 4 is 17.6 Å². The molecule has 1 aliphatic rings. The Morgan fingerprint density at radius 1 is 0.974 bits per heavy atom. The van der Waals surface area contributed by atoms with Crippen LogP contribution >= 0.6 is 0 Å². The van der Waals surface area contributed by atoms with Gasteiger partial charge in [-0.2, -0.15) is 0 Å². The van der Waals surface area contributed by atoms with Gasteiger partial charge in [-0.05, 0) is 79.3 Å². The van der Waals surface area contributed by atoms with Gasteiger partial charge in [-0.15, -0.1) is 0 Å². The molecule has 1 N–H and O–H groups in total. The largest absolute Gasteiger partial charge is 0.497 e. The molecule has 39 heavy (non-hydrogen) atoms. The van der Waals surface area contributed by atoms with E-state index in [1.54, 1.807) is 33.0 Å². The summed E-state index contributed by atoms with van der Waals surface area (Å²) >= 11 is 0. The second-order valence-corrected chi connectivity index (χ2v) is 10.7. The molecule has 3 aromatic rings. The van der Waals surface area contributed by atoms with Gasteiger partial charge in [0.15, 0.2) is 0 Å².